The molecule has 3 N–H and O–H groups in total. The summed E-state index contributed by atoms with van der Waals surface area (Å²) >= 11 is 1.70. The van der Waals surface area contributed by atoms with Crippen LogP contribution in [0, 0.1) is 5.41 Å². The van der Waals surface area contributed by atoms with Gasteiger partial charge in [0, 0.05) is 31.2 Å². The molecule has 22 heavy (non-hydrogen) atoms. The predicted molar refractivity (Wildman–Crippen MR) is 92.2 cm³/mol. The lowest BCUT2D eigenvalue weighted by atomic mass is 9.92. The number of hydrogen-bond acceptors (Lipinski definition) is 4. The van der Waals surface area contributed by atoms with E-state index >= 15 is 0 Å². The first-order valence-electron chi connectivity index (χ1n) is 7.59. The van der Waals surface area contributed by atoms with Gasteiger partial charge in [-0.05, 0) is 27.2 Å². The van der Waals surface area contributed by atoms with Crippen LogP contribution in [-0.2, 0) is 17.8 Å². The third-order valence-corrected chi connectivity index (χ3v) is 4.37. The van der Waals surface area contributed by atoms with E-state index in [1.165, 1.54) is 4.88 Å². The van der Waals surface area contributed by atoms with E-state index in [9.17, 15) is 4.79 Å². The van der Waals surface area contributed by atoms with Gasteiger partial charge in [0.05, 0.1) is 12.0 Å². The highest BCUT2D eigenvalue weighted by Gasteiger charge is 2.27. The lowest BCUT2D eigenvalue weighted by Gasteiger charge is -2.24. The van der Waals surface area contributed by atoms with E-state index in [-0.39, 0.29) is 5.91 Å². The molecule has 124 valence electrons. The van der Waals surface area contributed by atoms with E-state index in [1.807, 2.05) is 27.0 Å². The van der Waals surface area contributed by atoms with Crippen LogP contribution in [0.1, 0.15) is 37.6 Å². The monoisotopic (exact) mass is 325 g/mol. The molecular weight excluding hydrogens is 298 g/mol. The molecule has 0 fully saturated rings. The third kappa shape index (κ3) is 5.63. The van der Waals surface area contributed by atoms with Crippen LogP contribution in [0.15, 0.2) is 11.2 Å². The van der Waals surface area contributed by atoms with Crippen molar-refractivity contribution in [2.45, 2.75) is 40.7 Å². The SMILES string of the molecule is CCNC(=O)C(C)(C)CNC(=NC)NCc1ncc(CC)s1. The molecule has 7 heteroatoms. The molecule has 1 aromatic heterocycles. The number of thiazole rings is 1. The summed E-state index contributed by atoms with van der Waals surface area (Å²) in [5.74, 6) is 0.705. The minimum absolute atomic E-state index is 0.0328. The van der Waals surface area contributed by atoms with E-state index in [1.54, 1.807) is 18.4 Å². The number of carbonyl (C=O) groups excluding carboxylic acids is 1. The topological polar surface area (TPSA) is 78.4 Å². The van der Waals surface area contributed by atoms with Gasteiger partial charge in [0.1, 0.15) is 5.01 Å². The highest BCUT2D eigenvalue weighted by atomic mass is 32.1. The molecule has 0 unspecified atom stereocenters. The molecule has 0 radical (unpaired) electrons. The van der Waals surface area contributed by atoms with Gasteiger partial charge in [0.15, 0.2) is 5.96 Å². The predicted octanol–water partition coefficient (Wildman–Crippen LogP) is 1.53. The van der Waals surface area contributed by atoms with E-state index in [2.05, 4.69) is 32.9 Å². The number of aliphatic imine (C=N–C) groups is 1. The molecule has 1 aromatic rings. The third-order valence-electron chi connectivity index (χ3n) is 3.23. The number of aromatic nitrogens is 1. The van der Waals surface area contributed by atoms with Crippen LogP contribution in [0.5, 0.6) is 0 Å². The molecule has 0 saturated heterocycles. The smallest absolute Gasteiger partial charge is 0.227 e. The number of nitrogens with one attached hydrogen (secondary N) is 3. The molecule has 0 aliphatic carbocycles. The molecule has 0 aliphatic heterocycles. The zero-order chi connectivity index (χ0) is 16.6. The number of guanidine groups is 1. The van der Waals surface area contributed by atoms with Crippen LogP contribution in [0.3, 0.4) is 0 Å². The highest BCUT2D eigenvalue weighted by Crippen LogP contribution is 2.14. The van der Waals surface area contributed by atoms with E-state index in [0.717, 1.165) is 11.4 Å². The summed E-state index contributed by atoms with van der Waals surface area (Å²) in [5, 5.41) is 10.3. The highest BCUT2D eigenvalue weighted by molar-refractivity contribution is 7.11. The number of rotatable bonds is 7. The van der Waals surface area contributed by atoms with Crippen LogP contribution >= 0.6 is 11.3 Å². The van der Waals surface area contributed by atoms with Crippen molar-refractivity contribution >= 4 is 23.2 Å². The Kier molecular flexibility index (Phi) is 7.31. The first kappa shape index (κ1) is 18.4. The second-order valence-electron chi connectivity index (χ2n) is 5.60. The van der Waals surface area contributed by atoms with Gasteiger partial charge in [0.25, 0.3) is 0 Å². The summed E-state index contributed by atoms with van der Waals surface area (Å²) < 4.78 is 0. The van der Waals surface area contributed by atoms with Gasteiger partial charge in [0.2, 0.25) is 5.91 Å². The number of aryl methyl sites for hydroxylation is 1. The number of nitrogens with zero attached hydrogens (tertiary/aromatic N) is 2. The average molecular weight is 325 g/mol. The fourth-order valence-electron chi connectivity index (χ4n) is 1.76. The minimum atomic E-state index is -0.496. The quantitative estimate of drug-likeness (QED) is 0.525. The molecule has 0 spiro atoms. The summed E-state index contributed by atoms with van der Waals surface area (Å²) in [5.41, 5.74) is -0.496. The van der Waals surface area contributed by atoms with Gasteiger partial charge in [-0.25, -0.2) is 4.98 Å². The van der Waals surface area contributed by atoms with Crippen LogP contribution in [0.2, 0.25) is 0 Å². The summed E-state index contributed by atoms with van der Waals surface area (Å²) in [6, 6.07) is 0. The van der Waals surface area contributed by atoms with E-state index in [0.29, 0.717) is 25.6 Å². The molecule has 0 bridgehead atoms. The van der Waals surface area contributed by atoms with Crippen LogP contribution in [0.4, 0.5) is 0 Å². The van der Waals surface area contributed by atoms with E-state index < -0.39 is 5.41 Å². The summed E-state index contributed by atoms with van der Waals surface area (Å²) in [7, 11) is 1.72. The normalized spacial score (nSPS) is 12.1. The van der Waals surface area contributed by atoms with Gasteiger partial charge >= 0.3 is 0 Å². The molecule has 1 heterocycles. The van der Waals surface area contributed by atoms with Crippen molar-refractivity contribution < 1.29 is 4.79 Å². The Balaban J connectivity index is 2.47. The molecule has 0 atom stereocenters. The van der Waals surface area contributed by atoms with Crippen molar-refractivity contribution in [1.82, 2.24) is 20.9 Å². The second-order valence-corrected chi connectivity index (χ2v) is 6.80. The Morgan fingerprint density at radius 3 is 2.59 bits per heavy atom. The van der Waals surface area contributed by atoms with Gasteiger partial charge in [-0.3, -0.25) is 9.79 Å². The van der Waals surface area contributed by atoms with E-state index in [4.69, 9.17) is 0 Å². The van der Waals surface area contributed by atoms with Gasteiger partial charge in [-0.2, -0.15) is 0 Å². The average Bonchev–Trinajstić information content (AvgIpc) is 2.95. The largest absolute Gasteiger partial charge is 0.356 e. The Labute approximate surface area is 136 Å². The van der Waals surface area contributed by atoms with Crippen molar-refractivity contribution in [1.29, 1.82) is 0 Å². The lowest BCUT2D eigenvalue weighted by Crippen LogP contribution is -2.47. The zero-order valence-corrected chi connectivity index (χ0v) is 14.9. The van der Waals surface area contributed by atoms with Gasteiger partial charge in [-0.15, -0.1) is 11.3 Å². The molecule has 1 rings (SSSR count). The first-order valence-corrected chi connectivity index (χ1v) is 8.41. The summed E-state index contributed by atoms with van der Waals surface area (Å²) in [6.45, 7) is 9.63. The molecule has 0 saturated carbocycles. The van der Waals surface area contributed by atoms with Gasteiger partial charge < -0.3 is 16.0 Å². The van der Waals surface area contributed by atoms with Crippen molar-refractivity contribution in [3.05, 3.63) is 16.1 Å². The summed E-state index contributed by atoms with van der Waals surface area (Å²) in [4.78, 5) is 21.8. The van der Waals surface area contributed by atoms with Crippen LogP contribution in [0.25, 0.3) is 0 Å². The Hall–Kier alpha value is -1.63. The Morgan fingerprint density at radius 1 is 1.32 bits per heavy atom. The fourth-order valence-corrected chi connectivity index (χ4v) is 2.56. The van der Waals surface area contributed by atoms with Crippen molar-refractivity contribution in [3.8, 4) is 0 Å². The van der Waals surface area contributed by atoms with Crippen molar-refractivity contribution in [2.24, 2.45) is 10.4 Å². The van der Waals surface area contributed by atoms with Crippen LogP contribution in [-0.4, -0.2) is 37.0 Å². The minimum Gasteiger partial charge on any atom is -0.356 e. The molecule has 1 amide bonds. The first-order chi connectivity index (χ1) is 10.4. The molecule has 0 aliphatic rings. The van der Waals surface area contributed by atoms with Crippen LogP contribution < -0.4 is 16.0 Å². The fraction of sp³-hybridized carbons (Fsp3) is 0.667. The Morgan fingerprint density at radius 2 is 2.05 bits per heavy atom. The molecule has 0 aromatic carbocycles. The maximum Gasteiger partial charge on any atom is 0.227 e. The molecule has 6 nitrogen and oxygen atoms in total. The molecular formula is C15H27N5OS. The van der Waals surface area contributed by atoms with Crippen molar-refractivity contribution in [3.63, 3.8) is 0 Å². The Bertz CT molecular complexity index is 510. The lowest BCUT2D eigenvalue weighted by molar-refractivity contribution is -0.128. The number of amides is 1. The standard InChI is InChI=1S/C15H27N5OS/c1-6-11-8-18-12(22-11)9-19-14(16-5)20-10-15(3,4)13(21)17-7-2/h8H,6-7,9-10H2,1-5H3,(H,17,21)(H2,16,19,20). The second kappa shape index (κ2) is 8.73. The number of carbonyl (C=O) groups is 1. The maximum atomic E-state index is 12.0. The zero-order valence-electron chi connectivity index (χ0n) is 14.1. The summed E-state index contributed by atoms with van der Waals surface area (Å²) in [6.07, 6.45) is 2.92. The van der Waals surface area contributed by atoms with Crippen molar-refractivity contribution in [2.75, 3.05) is 20.1 Å². The maximum absolute atomic E-state index is 12.0. The number of hydrogen-bond donors (Lipinski definition) is 3. The van der Waals surface area contributed by atoms with Gasteiger partial charge in [-0.1, -0.05) is 6.92 Å².